The molecule has 0 unspecified atom stereocenters. The van der Waals surface area contributed by atoms with Crippen LogP contribution in [0, 0.1) is 0 Å². The number of primary amides is 1. The Hall–Kier alpha value is -1.83. The van der Waals surface area contributed by atoms with Crippen LogP contribution >= 0.6 is 12.4 Å². The SMILES string of the molecule is COC1(C(=O)Nc2ccc(OCC(N)=O)cc2)CCNCC1.Cl. The Labute approximate surface area is 141 Å². The number of nitrogens with two attached hydrogens (primary N) is 1. The number of amides is 2. The fourth-order valence-electron chi connectivity index (χ4n) is 2.39. The Morgan fingerprint density at radius 2 is 1.87 bits per heavy atom. The molecule has 1 saturated heterocycles. The molecule has 0 atom stereocenters. The Morgan fingerprint density at radius 3 is 2.39 bits per heavy atom. The first kappa shape index (κ1) is 19.2. The van der Waals surface area contributed by atoms with E-state index in [-0.39, 0.29) is 24.9 Å². The molecule has 7 nitrogen and oxygen atoms in total. The first-order valence-electron chi connectivity index (χ1n) is 7.14. The summed E-state index contributed by atoms with van der Waals surface area (Å²) in [5, 5.41) is 6.07. The summed E-state index contributed by atoms with van der Waals surface area (Å²) in [5.41, 5.74) is 4.87. The topological polar surface area (TPSA) is 103 Å². The minimum atomic E-state index is -0.785. The van der Waals surface area contributed by atoms with Gasteiger partial charge in [0, 0.05) is 12.8 Å². The van der Waals surface area contributed by atoms with Gasteiger partial charge in [0.2, 0.25) is 0 Å². The molecule has 1 fully saturated rings. The molecule has 23 heavy (non-hydrogen) atoms. The molecule has 0 spiro atoms. The molecule has 1 aliphatic rings. The molecule has 1 heterocycles. The van der Waals surface area contributed by atoms with Gasteiger partial charge >= 0.3 is 0 Å². The number of rotatable bonds is 6. The number of ether oxygens (including phenoxy) is 2. The first-order chi connectivity index (χ1) is 10.6. The number of carbonyl (C=O) groups is 2. The van der Waals surface area contributed by atoms with E-state index >= 15 is 0 Å². The number of carbonyl (C=O) groups excluding carboxylic acids is 2. The van der Waals surface area contributed by atoms with E-state index in [9.17, 15) is 9.59 Å². The van der Waals surface area contributed by atoms with Crippen molar-refractivity contribution in [3.05, 3.63) is 24.3 Å². The highest BCUT2D eigenvalue weighted by Crippen LogP contribution is 2.25. The van der Waals surface area contributed by atoms with Crippen LogP contribution in [0.2, 0.25) is 0 Å². The van der Waals surface area contributed by atoms with Gasteiger partial charge in [0.15, 0.2) is 6.61 Å². The Morgan fingerprint density at radius 1 is 1.26 bits per heavy atom. The van der Waals surface area contributed by atoms with Crippen molar-refractivity contribution in [3.63, 3.8) is 0 Å². The van der Waals surface area contributed by atoms with Crippen molar-refractivity contribution in [3.8, 4) is 5.75 Å². The third kappa shape index (κ3) is 5.09. The van der Waals surface area contributed by atoms with E-state index in [2.05, 4.69) is 10.6 Å². The number of hydrogen-bond donors (Lipinski definition) is 3. The molecule has 2 amide bonds. The Kier molecular flexibility index (Phi) is 7.28. The van der Waals surface area contributed by atoms with Crippen LogP contribution in [0.1, 0.15) is 12.8 Å². The van der Waals surface area contributed by atoms with Crippen molar-refractivity contribution >= 4 is 29.9 Å². The fourth-order valence-corrected chi connectivity index (χ4v) is 2.39. The fraction of sp³-hybridized carbons (Fsp3) is 0.467. The largest absolute Gasteiger partial charge is 0.484 e. The number of nitrogens with one attached hydrogen (secondary N) is 2. The average Bonchev–Trinajstić information content (AvgIpc) is 2.54. The van der Waals surface area contributed by atoms with Crippen molar-refractivity contribution in [2.45, 2.75) is 18.4 Å². The van der Waals surface area contributed by atoms with E-state index in [1.165, 1.54) is 0 Å². The minimum Gasteiger partial charge on any atom is -0.484 e. The molecule has 8 heteroatoms. The normalized spacial score (nSPS) is 16.0. The van der Waals surface area contributed by atoms with Crippen LogP contribution in [0.5, 0.6) is 5.75 Å². The van der Waals surface area contributed by atoms with E-state index in [1.807, 2.05) is 0 Å². The highest BCUT2D eigenvalue weighted by Gasteiger charge is 2.39. The number of methoxy groups -OCH3 is 1. The predicted octanol–water partition coefficient (Wildman–Crippen LogP) is 0.680. The Bertz CT molecular complexity index is 530. The number of halogens is 1. The average molecular weight is 344 g/mol. The van der Waals surface area contributed by atoms with Gasteiger partial charge in [-0.3, -0.25) is 9.59 Å². The lowest BCUT2D eigenvalue weighted by molar-refractivity contribution is -0.140. The van der Waals surface area contributed by atoms with Crippen molar-refractivity contribution in [1.29, 1.82) is 0 Å². The lowest BCUT2D eigenvalue weighted by Gasteiger charge is -2.34. The molecule has 1 aromatic rings. The molecule has 0 aliphatic carbocycles. The van der Waals surface area contributed by atoms with E-state index in [0.29, 0.717) is 24.3 Å². The summed E-state index contributed by atoms with van der Waals surface area (Å²) in [7, 11) is 1.56. The van der Waals surface area contributed by atoms with Gasteiger partial charge in [-0.05, 0) is 50.2 Å². The second kappa shape index (κ2) is 8.71. The predicted molar refractivity (Wildman–Crippen MR) is 88.9 cm³/mol. The first-order valence-corrected chi connectivity index (χ1v) is 7.14. The second-order valence-electron chi connectivity index (χ2n) is 5.18. The summed E-state index contributed by atoms with van der Waals surface area (Å²) in [5.74, 6) is -0.173. The monoisotopic (exact) mass is 343 g/mol. The number of hydrogen-bond acceptors (Lipinski definition) is 5. The molecule has 1 aromatic carbocycles. The summed E-state index contributed by atoms with van der Waals surface area (Å²) < 4.78 is 10.6. The standard InChI is InChI=1S/C15H21N3O4.ClH/c1-21-15(6-8-17-9-7-15)14(20)18-11-2-4-12(5-3-11)22-10-13(16)19;/h2-5,17H,6-10H2,1H3,(H2,16,19)(H,18,20);1H. The van der Waals surface area contributed by atoms with E-state index < -0.39 is 11.5 Å². The molecule has 1 aliphatic heterocycles. The maximum Gasteiger partial charge on any atom is 0.256 e. The highest BCUT2D eigenvalue weighted by atomic mass is 35.5. The van der Waals surface area contributed by atoms with Crippen LogP contribution in [0.15, 0.2) is 24.3 Å². The number of piperidine rings is 1. The Balaban J connectivity index is 0.00000264. The smallest absolute Gasteiger partial charge is 0.256 e. The lowest BCUT2D eigenvalue weighted by Crippen LogP contribution is -2.51. The van der Waals surface area contributed by atoms with Crippen LogP contribution in [-0.4, -0.2) is 44.2 Å². The van der Waals surface area contributed by atoms with Gasteiger partial charge in [0.1, 0.15) is 11.4 Å². The van der Waals surface area contributed by atoms with Gasteiger partial charge < -0.3 is 25.8 Å². The number of benzene rings is 1. The minimum absolute atomic E-state index is 0. The molecular weight excluding hydrogens is 322 g/mol. The molecule has 0 saturated carbocycles. The van der Waals surface area contributed by atoms with Crippen molar-refractivity contribution in [1.82, 2.24) is 5.32 Å². The van der Waals surface area contributed by atoms with Gasteiger partial charge in [0.25, 0.3) is 11.8 Å². The summed E-state index contributed by atoms with van der Waals surface area (Å²) in [4.78, 5) is 23.1. The lowest BCUT2D eigenvalue weighted by atomic mass is 9.91. The molecule has 0 radical (unpaired) electrons. The summed E-state index contributed by atoms with van der Waals surface area (Å²) in [6.07, 6.45) is 1.27. The van der Waals surface area contributed by atoms with Gasteiger partial charge in [-0.1, -0.05) is 0 Å². The second-order valence-corrected chi connectivity index (χ2v) is 5.18. The number of anilines is 1. The van der Waals surface area contributed by atoms with Crippen LogP contribution in [0.25, 0.3) is 0 Å². The third-order valence-electron chi connectivity index (χ3n) is 3.71. The van der Waals surface area contributed by atoms with Gasteiger partial charge in [-0.15, -0.1) is 12.4 Å². The van der Waals surface area contributed by atoms with Crippen LogP contribution < -0.4 is 21.1 Å². The third-order valence-corrected chi connectivity index (χ3v) is 3.71. The molecule has 4 N–H and O–H groups in total. The zero-order chi connectivity index (χ0) is 16.0. The summed E-state index contributed by atoms with van der Waals surface area (Å²) in [6.45, 7) is 1.33. The van der Waals surface area contributed by atoms with E-state index in [1.54, 1.807) is 31.4 Å². The van der Waals surface area contributed by atoms with E-state index in [4.69, 9.17) is 15.2 Å². The molecule has 2 rings (SSSR count). The highest BCUT2D eigenvalue weighted by molar-refractivity contribution is 5.97. The van der Waals surface area contributed by atoms with Gasteiger partial charge in [0.05, 0.1) is 0 Å². The van der Waals surface area contributed by atoms with Crippen LogP contribution in [0.3, 0.4) is 0 Å². The quantitative estimate of drug-likeness (QED) is 0.705. The zero-order valence-corrected chi connectivity index (χ0v) is 13.8. The van der Waals surface area contributed by atoms with E-state index in [0.717, 1.165) is 13.1 Å². The van der Waals surface area contributed by atoms with Gasteiger partial charge in [-0.2, -0.15) is 0 Å². The van der Waals surface area contributed by atoms with Crippen molar-refractivity contribution in [2.24, 2.45) is 5.73 Å². The van der Waals surface area contributed by atoms with Gasteiger partial charge in [-0.25, -0.2) is 0 Å². The van der Waals surface area contributed by atoms with Crippen molar-refractivity contribution in [2.75, 3.05) is 32.1 Å². The molecule has 128 valence electrons. The maximum atomic E-state index is 12.5. The molecular formula is C15H22ClN3O4. The summed E-state index contributed by atoms with van der Waals surface area (Å²) >= 11 is 0. The maximum absolute atomic E-state index is 12.5. The van der Waals surface area contributed by atoms with Crippen molar-refractivity contribution < 1.29 is 19.1 Å². The summed E-state index contributed by atoms with van der Waals surface area (Å²) in [6, 6.07) is 6.75. The molecule has 0 bridgehead atoms. The zero-order valence-electron chi connectivity index (χ0n) is 13.0. The van der Waals surface area contributed by atoms with Crippen LogP contribution in [-0.2, 0) is 14.3 Å². The molecule has 0 aromatic heterocycles. The van der Waals surface area contributed by atoms with Crippen LogP contribution in [0.4, 0.5) is 5.69 Å².